The lowest BCUT2D eigenvalue weighted by molar-refractivity contribution is -0.123. The third kappa shape index (κ3) is 5.17. The van der Waals surface area contributed by atoms with Crippen LogP contribution in [0.3, 0.4) is 0 Å². The van der Waals surface area contributed by atoms with Gasteiger partial charge in [-0.05, 0) is 31.4 Å². The van der Waals surface area contributed by atoms with Crippen LogP contribution < -0.4 is 25.5 Å². The fourth-order valence-corrected chi connectivity index (χ4v) is 3.82. The standard InChI is InChI=1S/C21H27N3O7S/c1-3-24-9-14(19(27)13-6-17-18(7-16(13)24)31-11-30-17)20(28)23-15(4-5-32-2)21(29)22-8-12(26)10-25/h6-7,9,12,15,25-26H,3-5,8,10-11H2,1-2H3,(H,22,29)(H,23,28)/t12-,15+/m1/s1. The van der Waals surface area contributed by atoms with E-state index < -0.39 is 36.0 Å². The molecule has 1 aliphatic heterocycles. The number of amides is 2. The summed E-state index contributed by atoms with van der Waals surface area (Å²) in [6.07, 6.45) is 2.59. The van der Waals surface area contributed by atoms with Gasteiger partial charge in [-0.2, -0.15) is 11.8 Å². The zero-order valence-corrected chi connectivity index (χ0v) is 18.7. The van der Waals surface area contributed by atoms with Crippen LogP contribution in [-0.2, 0) is 11.3 Å². The van der Waals surface area contributed by atoms with Gasteiger partial charge >= 0.3 is 0 Å². The Labute approximate surface area is 188 Å². The van der Waals surface area contributed by atoms with Crippen molar-refractivity contribution in [3.05, 3.63) is 34.1 Å². The maximum Gasteiger partial charge on any atom is 0.257 e. The Morgan fingerprint density at radius 3 is 2.66 bits per heavy atom. The van der Waals surface area contributed by atoms with Gasteiger partial charge in [0.05, 0.1) is 23.6 Å². The lowest BCUT2D eigenvalue weighted by Gasteiger charge is -2.19. The number of nitrogens with one attached hydrogen (secondary N) is 2. The number of carbonyl (C=O) groups excluding carboxylic acids is 2. The molecule has 11 heteroatoms. The first-order valence-electron chi connectivity index (χ1n) is 10.2. The van der Waals surface area contributed by atoms with Crippen molar-refractivity contribution in [3.8, 4) is 11.5 Å². The van der Waals surface area contributed by atoms with Crippen LogP contribution in [0.25, 0.3) is 10.9 Å². The minimum absolute atomic E-state index is 0.0660. The molecular formula is C21H27N3O7S. The molecule has 2 aromatic rings. The van der Waals surface area contributed by atoms with Gasteiger partial charge in [0.1, 0.15) is 11.6 Å². The van der Waals surface area contributed by atoms with Gasteiger partial charge in [0, 0.05) is 25.4 Å². The van der Waals surface area contributed by atoms with Gasteiger partial charge in [-0.15, -0.1) is 0 Å². The first-order valence-corrected chi connectivity index (χ1v) is 11.6. The summed E-state index contributed by atoms with van der Waals surface area (Å²) in [6.45, 7) is 1.82. The van der Waals surface area contributed by atoms with Crippen molar-refractivity contribution in [2.24, 2.45) is 0 Å². The number of nitrogens with zero attached hydrogens (tertiary/aromatic N) is 1. The van der Waals surface area contributed by atoms with Crippen molar-refractivity contribution in [1.82, 2.24) is 15.2 Å². The molecule has 2 heterocycles. The number of pyridine rings is 1. The topological polar surface area (TPSA) is 139 Å². The quantitative estimate of drug-likeness (QED) is 0.387. The normalized spacial score (nSPS) is 14.2. The second-order valence-electron chi connectivity index (χ2n) is 7.27. The number of hydrogen-bond donors (Lipinski definition) is 4. The molecule has 0 aliphatic carbocycles. The molecule has 3 rings (SSSR count). The summed E-state index contributed by atoms with van der Waals surface area (Å²) in [5, 5.41) is 23.9. The number of aryl methyl sites for hydroxylation is 1. The maximum absolute atomic E-state index is 13.1. The zero-order chi connectivity index (χ0) is 23.3. The van der Waals surface area contributed by atoms with Crippen molar-refractivity contribution >= 4 is 34.5 Å². The van der Waals surface area contributed by atoms with Crippen LogP contribution in [0.4, 0.5) is 0 Å². The van der Waals surface area contributed by atoms with Crippen molar-refractivity contribution in [1.29, 1.82) is 0 Å². The molecule has 0 unspecified atom stereocenters. The number of benzene rings is 1. The molecule has 32 heavy (non-hydrogen) atoms. The molecule has 4 N–H and O–H groups in total. The summed E-state index contributed by atoms with van der Waals surface area (Å²) in [7, 11) is 0. The number of aromatic nitrogens is 1. The molecule has 10 nitrogen and oxygen atoms in total. The zero-order valence-electron chi connectivity index (χ0n) is 17.9. The van der Waals surface area contributed by atoms with E-state index in [2.05, 4.69) is 10.6 Å². The Hall–Kier alpha value is -2.76. The molecule has 0 saturated carbocycles. The Morgan fingerprint density at radius 2 is 2.00 bits per heavy atom. The molecule has 0 saturated heterocycles. The van der Waals surface area contributed by atoms with E-state index in [0.29, 0.717) is 41.1 Å². The largest absolute Gasteiger partial charge is 0.454 e. The number of aliphatic hydroxyl groups excluding tert-OH is 2. The Morgan fingerprint density at radius 1 is 1.28 bits per heavy atom. The van der Waals surface area contributed by atoms with Gasteiger partial charge in [0.2, 0.25) is 18.1 Å². The van der Waals surface area contributed by atoms with Crippen LogP contribution in [0.2, 0.25) is 0 Å². The second kappa shape index (κ2) is 10.7. The molecule has 1 aliphatic rings. The van der Waals surface area contributed by atoms with Crippen LogP contribution in [-0.4, -0.2) is 70.7 Å². The third-order valence-electron chi connectivity index (χ3n) is 5.11. The van der Waals surface area contributed by atoms with Gasteiger partial charge < -0.3 is 34.9 Å². The van der Waals surface area contributed by atoms with E-state index in [-0.39, 0.29) is 18.9 Å². The first kappa shape index (κ1) is 23.9. The summed E-state index contributed by atoms with van der Waals surface area (Å²) >= 11 is 1.51. The number of carbonyl (C=O) groups is 2. The van der Waals surface area contributed by atoms with E-state index in [4.69, 9.17) is 14.6 Å². The molecule has 0 bridgehead atoms. The van der Waals surface area contributed by atoms with Gasteiger partial charge in [0.25, 0.3) is 5.91 Å². The SMILES string of the molecule is CCn1cc(C(=O)N[C@@H](CCSC)C(=O)NC[C@@H](O)CO)c(=O)c2cc3c(cc21)OCO3. The van der Waals surface area contributed by atoms with Crippen molar-refractivity contribution in [2.75, 3.05) is 32.0 Å². The second-order valence-corrected chi connectivity index (χ2v) is 8.26. The smallest absolute Gasteiger partial charge is 0.257 e. The number of hydrogen-bond acceptors (Lipinski definition) is 8. The summed E-state index contributed by atoms with van der Waals surface area (Å²) in [4.78, 5) is 38.7. The van der Waals surface area contributed by atoms with Gasteiger partial charge in [0.15, 0.2) is 11.5 Å². The highest BCUT2D eigenvalue weighted by Gasteiger charge is 2.25. The van der Waals surface area contributed by atoms with Crippen molar-refractivity contribution in [2.45, 2.75) is 32.0 Å². The molecule has 2 atom stereocenters. The maximum atomic E-state index is 13.1. The van der Waals surface area contributed by atoms with Crippen LogP contribution in [0, 0.1) is 0 Å². The van der Waals surface area contributed by atoms with E-state index in [0.717, 1.165) is 0 Å². The van der Waals surface area contributed by atoms with E-state index >= 15 is 0 Å². The molecule has 1 aromatic heterocycles. The number of rotatable bonds is 10. The van der Waals surface area contributed by atoms with Gasteiger partial charge in [-0.3, -0.25) is 14.4 Å². The van der Waals surface area contributed by atoms with E-state index in [1.165, 1.54) is 18.0 Å². The molecule has 0 spiro atoms. The van der Waals surface area contributed by atoms with Crippen LogP contribution in [0.15, 0.2) is 23.1 Å². The average molecular weight is 466 g/mol. The summed E-state index contributed by atoms with van der Waals surface area (Å²) < 4.78 is 12.5. The minimum Gasteiger partial charge on any atom is -0.454 e. The summed E-state index contributed by atoms with van der Waals surface area (Å²) in [5.74, 6) is 0.409. The van der Waals surface area contributed by atoms with E-state index in [1.54, 1.807) is 16.7 Å². The van der Waals surface area contributed by atoms with Crippen LogP contribution >= 0.6 is 11.8 Å². The lowest BCUT2D eigenvalue weighted by atomic mass is 10.1. The highest BCUT2D eigenvalue weighted by molar-refractivity contribution is 7.98. The Bertz CT molecular complexity index is 1060. The number of aliphatic hydroxyl groups is 2. The Balaban J connectivity index is 1.89. The third-order valence-corrected chi connectivity index (χ3v) is 5.76. The fourth-order valence-electron chi connectivity index (χ4n) is 3.35. The predicted octanol–water partition coefficient (Wildman–Crippen LogP) is 0.0710. The highest BCUT2D eigenvalue weighted by Crippen LogP contribution is 2.35. The number of fused-ring (bicyclic) bond motifs is 2. The number of ether oxygens (including phenoxy) is 2. The average Bonchev–Trinajstić information content (AvgIpc) is 3.26. The van der Waals surface area contributed by atoms with Crippen molar-refractivity contribution < 1.29 is 29.3 Å². The minimum atomic E-state index is -1.10. The molecule has 0 radical (unpaired) electrons. The molecule has 0 fully saturated rings. The molecule has 174 valence electrons. The fraction of sp³-hybridized carbons (Fsp3) is 0.476. The summed E-state index contributed by atoms with van der Waals surface area (Å²) in [5.41, 5.74) is 0.0590. The Kier molecular flexibility index (Phi) is 7.99. The predicted molar refractivity (Wildman–Crippen MR) is 120 cm³/mol. The molecule has 1 aromatic carbocycles. The van der Waals surface area contributed by atoms with E-state index in [9.17, 15) is 19.5 Å². The van der Waals surface area contributed by atoms with Gasteiger partial charge in [-0.1, -0.05) is 0 Å². The van der Waals surface area contributed by atoms with Crippen molar-refractivity contribution in [3.63, 3.8) is 0 Å². The molecular weight excluding hydrogens is 438 g/mol. The molecule has 2 amide bonds. The number of thioether (sulfide) groups is 1. The van der Waals surface area contributed by atoms with E-state index in [1.807, 2.05) is 13.2 Å². The lowest BCUT2D eigenvalue weighted by Crippen LogP contribution is -2.49. The van der Waals surface area contributed by atoms with Crippen LogP contribution in [0.5, 0.6) is 11.5 Å². The summed E-state index contributed by atoms with van der Waals surface area (Å²) in [6, 6.07) is 2.38. The van der Waals surface area contributed by atoms with Crippen LogP contribution in [0.1, 0.15) is 23.7 Å². The highest BCUT2D eigenvalue weighted by atomic mass is 32.2. The first-order chi connectivity index (χ1) is 15.4. The van der Waals surface area contributed by atoms with Gasteiger partial charge in [-0.25, -0.2) is 0 Å². The monoisotopic (exact) mass is 465 g/mol.